The molecule has 45 heavy (non-hydrogen) atoms. The first-order valence-electron chi connectivity index (χ1n) is 16.3. The molecule has 0 unspecified atom stereocenters. The smallest absolute Gasteiger partial charge is 0.328 e. The fraction of sp³-hybridized carbons (Fsp3) is 0.378. The maximum atomic E-state index is 13.9. The SMILES string of the molecule is O=C(O)/C=C/c1ccc(NC(=O)C2(NC(=O)c3ccc4c(C5CCCCC5)c5n(c4c3)CCCc3occc3-5)CCCC2)cc1. The summed E-state index contributed by atoms with van der Waals surface area (Å²) in [4.78, 5) is 38.4. The lowest BCUT2D eigenvalue weighted by Crippen LogP contribution is -2.55. The molecule has 2 amide bonds. The Hall–Kier alpha value is -4.59. The number of amides is 2. The third kappa shape index (κ3) is 5.58. The van der Waals surface area contributed by atoms with Gasteiger partial charge in [-0.15, -0.1) is 0 Å². The second-order valence-electron chi connectivity index (χ2n) is 12.8. The number of carboxylic acids is 1. The molecule has 7 rings (SSSR count). The first-order valence-corrected chi connectivity index (χ1v) is 16.3. The molecule has 0 radical (unpaired) electrons. The number of furan rings is 1. The minimum Gasteiger partial charge on any atom is -0.478 e. The van der Waals surface area contributed by atoms with Gasteiger partial charge >= 0.3 is 5.97 Å². The summed E-state index contributed by atoms with van der Waals surface area (Å²) in [5.74, 6) is 0.0507. The highest BCUT2D eigenvalue weighted by Crippen LogP contribution is 2.46. The van der Waals surface area contributed by atoms with E-state index in [0.717, 1.165) is 49.6 Å². The number of anilines is 1. The van der Waals surface area contributed by atoms with Crippen molar-refractivity contribution in [1.29, 1.82) is 0 Å². The lowest BCUT2D eigenvalue weighted by atomic mass is 9.81. The van der Waals surface area contributed by atoms with Gasteiger partial charge in [0.25, 0.3) is 5.91 Å². The number of carbonyl (C=O) groups is 3. The molecule has 3 heterocycles. The molecule has 3 aliphatic rings. The van der Waals surface area contributed by atoms with Crippen LogP contribution in [0.3, 0.4) is 0 Å². The summed E-state index contributed by atoms with van der Waals surface area (Å²) in [7, 11) is 0. The Bertz CT molecular complexity index is 1780. The van der Waals surface area contributed by atoms with E-state index in [2.05, 4.69) is 27.3 Å². The van der Waals surface area contributed by atoms with Gasteiger partial charge in [-0.2, -0.15) is 0 Å². The summed E-state index contributed by atoms with van der Waals surface area (Å²) in [6, 6.07) is 15.2. The minimum absolute atomic E-state index is 0.230. The Kier molecular flexibility index (Phi) is 7.81. The Morgan fingerprint density at radius 3 is 2.47 bits per heavy atom. The van der Waals surface area contributed by atoms with E-state index in [1.165, 1.54) is 60.4 Å². The lowest BCUT2D eigenvalue weighted by Gasteiger charge is -2.29. The Balaban J connectivity index is 1.18. The number of carboxylic acid groups (broad SMARTS) is 1. The van der Waals surface area contributed by atoms with Gasteiger partial charge in [0.2, 0.25) is 5.91 Å². The molecule has 232 valence electrons. The maximum Gasteiger partial charge on any atom is 0.328 e. The first kappa shape index (κ1) is 29.1. The average molecular weight is 606 g/mol. The molecule has 1 aliphatic heterocycles. The van der Waals surface area contributed by atoms with E-state index < -0.39 is 11.5 Å². The van der Waals surface area contributed by atoms with E-state index in [9.17, 15) is 14.4 Å². The zero-order chi connectivity index (χ0) is 31.0. The van der Waals surface area contributed by atoms with Gasteiger partial charge in [-0.05, 0) is 85.6 Å². The molecular weight excluding hydrogens is 566 g/mol. The summed E-state index contributed by atoms with van der Waals surface area (Å²) < 4.78 is 8.34. The van der Waals surface area contributed by atoms with Crippen molar-refractivity contribution < 1.29 is 23.9 Å². The van der Waals surface area contributed by atoms with Gasteiger partial charge < -0.3 is 24.7 Å². The van der Waals surface area contributed by atoms with E-state index in [4.69, 9.17) is 9.52 Å². The summed E-state index contributed by atoms with van der Waals surface area (Å²) in [5.41, 5.74) is 5.79. The molecule has 2 aromatic carbocycles. The van der Waals surface area contributed by atoms with Gasteiger partial charge in [-0.1, -0.05) is 50.3 Å². The number of aromatic nitrogens is 1. The minimum atomic E-state index is -1.02. The van der Waals surface area contributed by atoms with Crippen molar-refractivity contribution in [3.05, 3.63) is 83.3 Å². The van der Waals surface area contributed by atoms with Crippen LogP contribution in [-0.4, -0.2) is 33.0 Å². The average Bonchev–Trinajstić information content (AvgIpc) is 3.77. The van der Waals surface area contributed by atoms with Crippen LogP contribution in [0.4, 0.5) is 5.69 Å². The lowest BCUT2D eigenvalue weighted by molar-refractivity contribution is -0.131. The fourth-order valence-corrected chi connectivity index (χ4v) is 7.76. The zero-order valence-corrected chi connectivity index (χ0v) is 25.4. The number of carbonyl (C=O) groups excluding carboxylic acids is 2. The molecule has 0 saturated heterocycles. The van der Waals surface area contributed by atoms with Crippen LogP contribution in [0, 0.1) is 0 Å². The van der Waals surface area contributed by atoms with E-state index in [-0.39, 0.29) is 11.8 Å². The summed E-state index contributed by atoms with van der Waals surface area (Å²) >= 11 is 0. The van der Waals surface area contributed by atoms with Gasteiger partial charge in [-0.25, -0.2) is 4.79 Å². The van der Waals surface area contributed by atoms with Gasteiger partial charge in [0, 0.05) is 46.8 Å². The third-order valence-corrected chi connectivity index (χ3v) is 10.00. The van der Waals surface area contributed by atoms with Crippen molar-refractivity contribution in [3.63, 3.8) is 0 Å². The highest BCUT2D eigenvalue weighted by atomic mass is 16.4. The van der Waals surface area contributed by atoms with Crippen LogP contribution in [0.5, 0.6) is 0 Å². The van der Waals surface area contributed by atoms with Crippen LogP contribution in [0.1, 0.15) is 97.4 Å². The topological polar surface area (TPSA) is 114 Å². The molecule has 8 nitrogen and oxygen atoms in total. The van der Waals surface area contributed by atoms with E-state index >= 15 is 0 Å². The molecule has 0 spiro atoms. The van der Waals surface area contributed by atoms with Gasteiger partial charge in [0.1, 0.15) is 11.3 Å². The number of aliphatic carboxylic acids is 1. The third-order valence-electron chi connectivity index (χ3n) is 10.00. The predicted molar refractivity (Wildman–Crippen MR) is 174 cm³/mol. The predicted octanol–water partition coefficient (Wildman–Crippen LogP) is 7.67. The van der Waals surface area contributed by atoms with Crippen LogP contribution in [-0.2, 0) is 22.6 Å². The number of hydrogen-bond acceptors (Lipinski definition) is 4. The number of aryl methyl sites for hydroxylation is 2. The van der Waals surface area contributed by atoms with Crippen molar-refractivity contribution in [1.82, 2.24) is 9.88 Å². The molecule has 2 aromatic heterocycles. The van der Waals surface area contributed by atoms with Crippen molar-refractivity contribution in [2.45, 2.75) is 88.6 Å². The Morgan fingerprint density at radius 1 is 0.933 bits per heavy atom. The van der Waals surface area contributed by atoms with Crippen molar-refractivity contribution >= 4 is 40.4 Å². The number of fused-ring (bicyclic) bond motifs is 5. The Morgan fingerprint density at radius 2 is 1.71 bits per heavy atom. The van der Waals surface area contributed by atoms with Gasteiger partial charge in [0.15, 0.2) is 0 Å². The Labute approximate surface area is 262 Å². The van der Waals surface area contributed by atoms with Crippen LogP contribution in [0.2, 0.25) is 0 Å². The highest BCUT2D eigenvalue weighted by molar-refractivity contribution is 6.06. The summed E-state index contributed by atoms with van der Waals surface area (Å²) in [5, 5.41) is 16.2. The normalized spacial score (nSPS) is 18.0. The molecule has 0 atom stereocenters. The monoisotopic (exact) mass is 605 g/mol. The van der Waals surface area contributed by atoms with Gasteiger partial charge in [-0.3, -0.25) is 9.59 Å². The number of nitrogens with one attached hydrogen (secondary N) is 2. The first-order chi connectivity index (χ1) is 21.9. The molecule has 8 heteroatoms. The second-order valence-corrected chi connectivity index (χ2v) is 12.8. The largest absolute Gasteiger partial charge is 0.478 e. The molecule has 0 bridgehead atoms. The maximum absolute atomic E-state index is 13.9. The standard InChI is InChI=1S/C37H39N3O5/c41-32(42)17-12-24-10-14-27(15-11-24)38-36(44)37(19-4-5-20-37)39-35(43)26-13-16-28-30(23-26)40-21-6-9-31-29(18-22-45-31)34(40)33(28)25-7-2-1-3-8-25/h10-18,22-23,25H,1-9,19-21H2,(H,38,44)(H,39,43)(H,41,42)/b17-12+. The van der Waals surface area contributed by atoms with Crippen molar-refractivity contribution in [2.75, 3.05) is 5.32 Å². The zero-order valence-electron chi connectivity index (χ0n) is 25.4. The number of rotatable bonds is 7. The van der Waals surface area contributed by atoms with E-state index in [0.29, 0.717) is 35.6 Å². The molecule has 3 N–H and O–H groups in total. The summed E-state index contributed by atoms with van der Waals surface area (Å²) in [6.45, 7) is 0.866. The number of benzene rings is 2. The van der Waals surface area contributed by atoms with Gasteiger partial charge in [0.05, 0.1) is 12.0 Å². The second kappa shape index (κ2) is 12.1. The van der Waals surface area contributed by atoms with Crippen molar-refractivity contribution in [2.24, 2.45) is 0 Å². The molecular formula is C37H39N3O5. The molecule has 2 fully saturated rings. The highest BCUT2D eigenvalue weighted by Gasteiger charge is 2.43. The van der Waals surface area contributed by atoms with E-state index in [1.54, 1.807) is 30.5 Å². The van der Waals surface area contributed by atoms with Crippen LogP contribution < -0.4 is 10.6 Å². The number of nitrogens with zero attached hydrogens (tertiary/aromatic N) is 1. The van der Waals surface area contributed by atoms with Crippen LogP contribution >= 0.6 is 0 Å². The molecule has 2 aliphatic carbocycles. The van der Waals surface area contributed by atoms with Crippen molar-refractivity contribution in [3.8, 4) is 11.3 Å². The molecule has 4 aromatic rings. The van der Waals surface area contributed by atoms with Crippen LogP contribution in [0.25, 0.3) is 28.2 Å². The molecule has 2 saturated carbocycles. The van der Waals surface area contributed by atoms with E-state index in [1.807, 2.05) is 12.1 Å². The quantitative estimate of drug-likeness (QED) is 0.187. The number of hydrogen-bond donors (Lipinski definition) is 3. The summed E-state index contributed by atoms with van der Waals surface area (Å²) in [6.07, 6.45) is 15.2. The fourth-order valence-electron chi connectivity index (χ4n) is 7.76. The van der Waals surface area contributed by atoms with Crippen LogP contribution in [0.15, 0.2) is 65.3 Å².